The van der Waals surface area contributed by atoms with Crippen molar-refractivity contribution in [2.75, 3.05) is 7.11 Å². The van der Waals surface area contributed by atoms with Gasteiger partial charge in [-0.3, -0.25) is 0 Å². The molecule has 1 N–H and O–H groups in total. The third kappa shape index (κ3) is 3.13. The molecule has 0 aliphatic carbocycles. The van der Waals surface area contributed by atoms with E-state index >= 15 is 0 Å². The van der Waals surface area contributed by atoms with Crippen LogP contribution >= 0.6 is 0 Å². The number of carboxylic acids is 1. The van der Waals surface area contributed by atoms with Gasteiger partial charge in [-0.15, -0.1) is 0 Å². The van der Waals surface area contributed by atoms with Crippen molar-refractivity contribution in [3.8, 4) is 22.8 Å². The van der Waals surface area contributed by atoms with Gasteiger partial charge in [0.1, 0.15) is 11.5 Å². The Balaban J connectivity index is 2.58. The lowest BCUT2D eigenvalue weighted by atomic mass is 10.1. The molecule has 0 aliphatic heterocycles. The number of methoxy groups -OCH3 is 1. The Kier molecular flexibility index (Phi) is 4.11. The molecule has 21 heavy (non-hydrogen) atoms. The number of aromatic carboxylic acids is 1. The second-order valence-electron chi connectivity index (χ2n) is 4.53. The summed E-state index contributed by atoms with van der Waals surface area (Å²) in [7, 11) is 1.39. The SMILES string of the molecule is COc1cc(F)cc(-c2cc(C(=O)O)on2)c1OC(C)C. The second kappa shape index (κ2) is 5.82. The first-order valence-corrected chi connectivity index (χ1v) is 6.17. The average Bonchev–Trinajstić information content (AvgIpc) is 2.89. The minimum atomic E-state index is -1.26. The van der Waals surface area contributed by atoms with Crippen LogP contribution < -0.4 is 9.47 Å². The molecule has 0 unspecified atom stereocenters. The molecule has 0 aliphatic rings. The molecule has 2 aromatic rings. The van der Waals surface area contributed by atoms with Crippen LogP contribution in [0.25, 0.3) is 11.3 Å². The van der Waals surface area contributed by atoms with E-state index in [9.17, 15) is 9.18 Å². The van der Waals surface area contributed by atoms with Crippen molar-refractivity contribution in [2.24, 2.45) is 0 Å². The smallest absolute Gasteiger partial charge is 0.374 e. The Hall–Kier alpha value is -2.57. The number of benzene rings is 1. The fraction of sp³-hybridized carbons (Fsp3) is 0.286. The highest BCUT2D eigenvalue weighted by atomic mass is 19.1. The van der Waals surface area contributed by atoms with Crippen molar-refractivity contribution in [1.82, 2.24) is 5.16 Å². The van der Waals surface area contributed by atoms with E-state index in [0.717, 1.165) is 0 Å². The van der Waals surface area contributed by atoms with Crippen LogP contribution in [0.1, 0.15) is 24.4 Å². The van der Waals surface area contributed by atoms with Crippen LogP contribution in [0.3, 0.4) is 0 Å². The van der Waals surface area contributed by atoms with Crippen LogP contribution in [0, 0.1) is 5.82 Å². The van der Waals surface area contributed by atoms with Crippen molar-refractivity contribution in [2.45, 2.75) is 20.0 Å². The van der Waals surface area contributed by atoms with E-state index < -0.39 is 11.8 Å². The zero-order valence-electron chi connectivity index (χ0n) is 11.7. The number of halogens is 1. The molecule has 0 spiro atoms. The van der Waals surface area contributed by atoms with Crippen LogP contribution in [-0.4, -0.2) is 29.4 Å². The number of aromatic nitrogens is 1. The molecular formula is C14H14FNO5. The van der Waals surface area contributed by atoms with Crippen LogP contribution in [0.5, 0.6) is 11.5 Å². The number of hydrogen-bond donors (Lipinski definition) is 1. The monoisotopic (exact) mass is 295 g/mol. The molecule has 0 saturated carbocycles. The number of nitrogens with zero attached hydrogens (tertiary/aromatic N) is 1. The van der Waals surface area contributed by atoms with Crippen molar-refractivity contribution in [3.05, 3.63) is 29.8 Å². The Labute approximate surface area is 120 Å². The van der Waals surface area contributed by atoms with E-state index in [4.69, 9.17) is 14.6 Å². The van der Waals surface area contributed by atoms with Crippen LogP contribution in [-0.2, 0) is 0 Å². The molecule has 7 heteroatoms. The third-order valence-electron chi connectivity index (χ3n) is 2.59. The molecule has 1 aromatic carbocycles. The van der Waals surface area contributed by atoms with Crippen LogP contribution in [0.2, 0.25) is 0 Å². The maximum absolute atomic E-state index is 13.7. The van der Waals surface area contributed by atoms with Crippen LogP contribution in [0.4, 0.5) is 4.39 Å². The summed E-state index contributed by atoms with van der Waals surface area (Å²) in [5.74, 6) is -1.69. The third-order valence-corrected chi connectivity index (χ3v) is 2.59. The number of carbonyl (C=O) groups is 1. The van der Waals surface area contributed by atoms with E-state index in [2.05, 4.69) is 9.68 Å². The summed E-state index contributed by atoms with van der Waals surface area (Å²) < 4.78 is 29.1. The van der Waals surface area contributed by atoms with E-state index in [0.29, 0.717) is 0 Å². The van der Waals surface area contributed by atoms with Gasteiger partial charge < -0.3 is 19.1 Å². The van der Waals surface area contributed by atoms with Gasteiger partial charge in [0.05, 0.1) is 18.8 Å². The largest absolute Gasteiger partial charge is 0.493 e. The van der Waals surface area contributed by atoms with Crippen molar-refractivity contribution in [3.63, 3.8) is 0 Å². The van der Waals surface area contributed by atoms with Crippen LogP contribution in [0.15, 0.2) is 22.7 Å². The molecule has 6 nitrogen and oxygen atoms in total. The van der Waals surface area contributed by atoms with Gasteiger partial charge in [-0.25, -0.2) is 9.18 Å². The summed E-state index contributed by atoms with van der Waals surface area (Å²) in [6.07, 6.45) is -0.186. The van der Waals surface area contributed by atoms with Gasteiger partial charge in [-0.1, -0.05) is 5.16 Å². The molecule has 1 heterocycles. The molecule has 0 radical (unpaired) electrons. The summed E-state index contributed by atoms with van der Waals surface area (Å²) >= 11 is 0. The Morgan fingerprint density at radius 2 is 2.10 bits per heavy atom. The number of hydrogen-bond acceptors (Lipinski definition) is 5. The lowest BCUT2D eigenvalue weighted by Gasteiger charge is -2.16. The van der Waals surface area contributed by atoms with Crippen molar-refractivity contribution in [1.29, 1.82) is 0 Å². The normalized spacial score (nSPS) is 10.7. The van der Waals surface area contributed by atoms with E-state index in [1.165, 1.54) is 25.3 Å². The highest BCUT2D eigenvalue weighted by Gasteiger charge is 2.21. The first kappa shape index (κ1) is 14.8. The molecule has 1 aromatic heterocycles. The Bertz CT molecular complexity index is 665. The fourth-order valence-corrected chi connectivity index (χ4v) is 1.77. The summed E-state index contributed by atoms with van der Waals surface area (Å²) in [5.41, 5.74) is 0.414. The zero-order valence-corrected chi connectivity index (χ0v) is 11.7. The van der Waals surface area contributed by atoms with Crippen molar-refractivity contribution < 1.29 is 28.3 Å². The van der Waals surface area contributed by atoms with E-state index in [1.54, 1.807) is 13.8 Å². The highest BCUT2D eigenvalue weighted by Crippen LogP contribution is 2.39. The van der Waals surface area contributed by atoms with Gasteiger partial charge in [0.2, 0.25) is 5.76 Å². The average molecular weight is 295 g/mol. The van der Waals surface area contributed by atoms with Gasteiger partial charge >= 0.3 is 5.97 Å². The summed E-state index contributed by atoms with van der Waals surface area (Å²) in [4.78, 5) is 10.8. The van der Waals surface area contributed by atoms with Gasteiger partial charge in [-0.05, 0) is 19.9 Å². The summed E-state index contributed by atoms with van der Waals surface area (Å²) in [5, 5.41) is 12.5. The molecule has 0 fully saturated rings. The minimum absolute atomic E-state index is 0.154. The summed E-state index contributed by atoms with van der Waals surface area (Å²) in [6, 6.07) is 3.56. The molecule has 2 rings (SSSR count). The highest BCUT2D eigenvalue weighted by molar-refractivity contribution is 5.86. The zero-order chi connectivity index (χ0) is 15.6. The standard InChI is InChI=1S/C14H14FNO5/c1-7(2)20-13-9(4-8(15)5-11(13)19-3)10-6-12(14(17)18)21-16-10/h4-7H,1-3H3,(H,17,18). The van der Waals surface area contributed by atoms with E-state index in [1.807, 2.05) is 0 Å². The molecule has 0 atom stereocenters. The topological polar surface area (TPSA) is 81.8 Å². The number of carboxylic acid groups (broad SMARTS) is 1. The van der Waals surface area contributed by atoms with Gasteiger partial charge in [0.15, 0.2) is 11.5 Å². The quantitative estimate of drug-likeness (QED) is 0.913. The second-order valence-corrected chi connectivity index (χ2v) is 4.53. The number of rotatable bonds is 5. The first-order valence-electron chi connectivity index (χ1n) is 6.17. The van der Waals surface area contributed by atoms with Crippen molar-refractivity contribution >= 4 is 5.97 Å². The first-order chi connectivity index (χ1) is 9.92. The summed E-state index contributed by atoms with van der Waals surface area (Å²) in [6.45, 7) is 3.61. The molecule has 0 amide bonds. The fourth-order valence-electron chi connectivity index (χ4n) is 1.77. The number of ether oxygens (including phenoxy) is 2. The predicted molar refractivity (Wildman–Crippen MR) is 71.2 cm³/mol. The lowest BCUT2D eigenvalue weighted by Crippen LogP contribution is -2.08. The Morgan fingerprint density at radius 3 is 2.62 bits per heavy atom. The van der Waals surface area contributed by atoms with Gasteiger partial charge in [-0.2, -0.15) is 0 Å². The van der Waals surface area contributed by atoms with Gasteiger partial charge in [0.25, 0.3) is 0 Å². The molecule has 112 valence electrons. The lowest BCUT2D eigenvalue weighted by molar-refractivity contribution is 0.0652. The molecular weight excluding hydrogens is 281 g/mol. The maximum atomic E-state index is 13.7. The van der Waals surface area contributed by atoms with Gasteiger partial charge in [0, 0.05) is 12.1 Å². The Morgan fingerprint density at radius 1 is 1.38 bits per heavy atom. The molecule has 0 saturated heterocycles. The van der Waals surface area contributed by atoms with E-state index in [-0.39, 0.29) is 34.6 Å². The predicted octanol–water partition coefficient (Wildman–Crippen LogP) is 2.97. The molecule has 0 bridgehead atoms. The minimum Gasteiger partial charge on any atom is -0.493 e. The maximum Gasteiger partial charge on any atom is 0.374 e.